The Balaban J connectivity index is 2.28. The molecule has 1 aromatic heterocycles. The van der Waals surface area contributed by atoms with Gasteiger partial charge in [0.15, 0.2) is 0 Å². The highest BCUT2D eigenvalue weighted by atomic mass is 16.5. The molecule has 1 heterocycles. The Bertz CT molecular complexity index is 170. The largest absolute Gasteiger partial charge is 0.365 e. The molecule has 0 amide bonds. The third-order valence-corrected chi connectivity index (χ3v) is 1.35. The third kappa shape index (κ3) is 2.19. The molecule has 0 fully saturated rings. The zero-order chi connectivity index (χ0) is 7.40. The van der Waals surface area contributed by atoms with Crippen LogP contribution in [0.3, 0.4) is 0 Å². The average molecular weight is 140 g/mol. The molecular formula is C7H12N2O. The van der Waals surface area contributed by atoms with Crippen LogP contribution in [0.5, 0.6) is 0 Å². The van der Waals surface area contributed by atoms with Gasteiger partial charge in [-0.2, -0.15) is 0 Å². The average Bonchev–Trinajstić information content (AvgIpc) is 2.34. The van der Waals surface area contributed by atoms with Crippen molar-refractivity contribution in [2.75, 3.05) is 0 Å². The molecule has 0 bridgehead atoms. The van der Waals surface area contributed by atoms with Crippen LogP contribution in [-0.2, 0) is 6.42 Å². The summed E-state index contributed by atoms with van der Waals surface area (Å²) >= 11 is 0. The zero-order valence-corrected chi connectivity index (χ0v) is 6.08. The summed E-state index contributed by atoms with van der Waals surface area (Å²) in [7, 11) is 0. The molecule has 1 rings (SSSR count). The lowest BCUT2D eigenvalue weighted by Crippen LogP contribution is -2.15. The van der Waals surface area contributed by atoms with Crippen molar-refractivity contribution in [1.82, 2.24) is 5.16 Å². The quantitative estimate of drug-likeness (QED) is 0.680. The molecule has 0 aliphatic rings. The summed E-state index contributed by atoms with van der Waals surface area (Å²) in [6.45, 7) is 1.99. The van der Waals surface area contributed by atoms with E-state index in [1.165, 1.54) is 0 Å². The molecule has 1 unspecified atom stereocenters. The van der Waals surface area contributed by atoms with Crippen molar-refractivity contribution in [3.05, 3.63) is 18.0 Å². The molecule has 0 saturated heterocycles. The van der Waals surface area contributed by atoms with Crippen molar-refractivity contribution in [2.45, 2.75) is 25.8 Å². The third-order valence-electron chi connectivity index (χ3n) is 1.35. The minimum atomic E-state index is 0.247. The second-order valence-corrected chi connectivity index (χ2v) is 2.51. The fourth-order valence-electron chi connectivity index (χ4n) is 0.742. The minimum absolute atomic E-state index is 0.247. The van der Waals surface area contributed by atoms with E-state index in [1.807, 2.05) is 13.0 Å². The molecule has 0 saturated carbocycles. The van der Waals surface area contributed by atoms with Crippen molar-refractivity contribution < 1.29 is 4.52 Å². The fraction of sp³-hybridized carbons (Fsp3) is 0.571. The van der Waals surface area contributed by atoms with Gasteiger partial charge in [0.05, 0.1) is 5.69 Å². The SMILES string of the molecule is CC(N)CCc1ccon1. The van der Waals surface area contributed by atoms with E-state index in [1.54, 1.807) is 6.26 Å². The maximum Gasteiger partial charge on any atom is 0.124 e. The van der Waals surface area contributed by atoms with E-state index in [9.17, 15) is 0 Å². The number of aromatic nitrogens is 1. The lowest BCUT2D eigenvalue weighted by atomic mass is 10.1. The van der Waals surface area contributed by atoms with Crippen molar-refractivity contribution in [1.29, 1.82) is 0 Å². The Morgan fingerprint density at radius 1 is 1.80 bits per heavy atom. The summed E-state index contributed by atoms with van der Waals surface area (Å²) < 4.78 is 4.66. The van der Waals surface area contributed by atoms with Gasteiger partial charge >= 0.3 is 0 Å². The molecule has 0 radical (unpaired) electrons. The first-order chi connectivity index (χ1) is 4.79. The van der Waals surface area contributed by atoms with Gasteiger partial charge in [0.25, 0.3) is 0 Å². The summed E-state index contributed by atoms with van der Waals surface area (Å²) in [5.41, 5.74) is 6.53. The summed E-state index contributed by atoms with van der Waals surface area (Å²) in [6.07, 6.45) is 3.46. The topological polar surface area (TPSA) is 52.0 Å². The van der Waals surface area contributed by atoms with Gasteiger partial charge in [-0.1, -0.05) is 5.16 Å². The first-order valence-corrected chi connectivity index (χ1v) is 3.44. The van der Waals surface area contributed by atoms with E-state index in [0.29, 0.717) is 0 Å². The summed E-state index contributed by atoms with van der Waals surface area (Å²) in [5, 5.41) is 3.76. The van der Waals surface area contributed by atoms with E-state index >= 15 is 0 Å². The summed E-state index contributed by atoms with van der Waals surface area (Å²) in [4.78, 5) is 0. The maximum absolute atomic E-state index is 5.55. The monoisotopic (exact) mass is 140 g/mol. The Hall–Kier alpha value is -0.830. The van der Waals surface area contributed by atoms with Crippen LogP contribution in [0.2, 0.25) is 0 Å². The molecule has 0 aliphatic heterocycles. The van der Waals surface area contributed by atoms with E-state index in [4.69, 9.17) is 5.73 Å². The number of nitrogens with two attached hydrogens (primary N) is 1. The standard InChI is InChI=1S/C7H12N2O/c1-6(8)2-3-7-4-5-10-9-7/h4-6H,2-3,8H2,1H3. The highest BCUT2D eigenvalue weighted by Crippen LogP contribution is 2.00. The summed E-state index contributed by atoms with van der Waals surface area (Å²) in [5.74, 6) is 0. The lowest BCUT2D eigenvalue weighted by Gasteiger charge is -1.99. The number of hydrogen-bond acceptors (Lipinski definition) is 3. The lowest BCUT2D eigenvalue weighted by molar-refractivity contribution is 0.410. The smallest absolute Gasteiger partial charge is 0.124 e. The van der Waals surface area contributed by atoms with Crippen LogP contribution in [0.4, 0.5) is 0 Å². The Morgan fingerprint density at radius 3 is 3.10 bits per heavy atom. The van der Waals surface area contributed by atoms with Crippen LogP contribution >= 0.6 is 0 Å². The van der Waals surface area contributed by atoms with Gasteiger partial charge in [-0.3, -0.25) is 0 Å². The molecule has 10 heavy (non-hydrogen) atoms. The highest BCUT2D eigenvalue weighted by molar-refractivity contribution is 4.95. The van der Waals surface area contributed by atoms with Crippen LogP contribution in [0.25, 0.3) is 0 Å². The molecule has 2 N–H and O–H groups in total. The Morgan fingerprint density at radius 2 is 2.60 bits per heavy atom. The number of aryl methyl sites for hydroxylation is 1. The maximum atomic E-state index is 5.55. The molecule has 3 heteroatoms. The van der Waals surface area contributed by atoms with E-state index in [2.05, 4.69) is 9.68 Å². The van der Waals surface area contributed by atoms with E-state index in [-0.39, 0.29) is 6.04 Å². The fourth-order valence-corrected chi connectivity index (χ4v) is 0.742. The van der Waals surface area contributed by atoms with Gasteiger partial charge in [0.2, 0.25) is 0 Å². The normalized spacial score (nSPS) is 13.4. The van der Waals surface area contributed by atoms with Crippen LogP contribution in [0, 0.1) is 0 Å². The van der Waals surface area contributed by atoms with Gasteiger partial charge < -0.3 is 10.3 Å². The van der Waals surface area contributed by atoms with E-state index in [0.717, 1.165) is 18.5 Å². The number of nitrogens with zero attached hydrogens (tertiary/aromatic N) is 1. The molecular weight excluding hydrogens is 128 g/mol. The first kappa shape index (κ1) is 7.28. The molecule has 1 atom stereocenters. The minimum Gasteiger partial charge on any atom is -0.365 e. The molecule has 1 aromatic rings. The van der Waals surface area contributed by atoms with E-state index < -0.39 is 0 Å². The predicted molar refractivity (Wildman–Crippen MR) is 38.5 cm³/mol. The van der Waals surface area contributed by atoms with Crippen molar-refractivity contribution in [3.8, 4) is 0 Å². The number of hydrogen-bond donors (Lipinski definition) is 1. The molecule has 0 spiro atoms. The van der Waals surface area contributed by atoms with Gasteiger partial charge in [0, 0.05) is 12.1 Å². The van der Waals surface area contributed by atoms with Crippen LogP contribution in [0.1, 0.15) is 19.0 Å². The molecule has 56 valence electrons. The van der Waals surface area contributed by atoms with Crippen molar-refractivity contribution >= 4 is 0 Å². The van der Waals surface area contributed by atoms with Crippen molar-refractivity contribution in [2.24, 2.45) is 5.73 Å². The Labute approximate surface area is 60.2 Å². The first-order valence-electron chi connectivity index (χ1n) is 3.44. The van der Waals surface area contributed by atoms with Crippen LogP contribution in [-0.4, -0.2) is 11.2 Å². The molecule has 3 nitrogen and oxygen atoms in total. The second-order valence-electron chi connectivity index (χ2n) is 2.51. The summed E-state index contributed by atoms with van der Waals surface area (Å²) in [6, 6.07) is 2.11. The van der Waals surface area contributed by atoms with Crippen molar-refractivity contribution in [3.63, 3.8) is 0 Å². The van der Waals surface area contributed by atoms with Gasteiger partial charge in [-0.15, -0.1) is 0 Å². The van der Waals surface area contributed by atoms with Gasteiger partial charge in [-0.05, 0) is 19.8 Å². The van der Waals surface area contributed by atoms with Gasteiger partial charge in [0.1, 0.15) is 6.26 Å². The molecule has 0 aliphatic carbocycles. The zero-order valence-electron chi connectivity index (χ0n) is 6.08. The number of rotatable bonds is 3. The van der Waals surface area contributed by atoms with Crippen LogP contribution < -0.4 is 5.73 Å². The highest BCUT2D eigenvalue weighted by Gasteiger charge is 1.98. The Kier molecular flexibility index (Phi) is 2.45. The molecule has 0 aromatic carbocycles. The van der Waals surface area contributed by atoms with Gasteiger partial charge in [-0.25, -0.2) is 0 Å². The van der Waals surface area contributed by atoms with Crippen LogP contribution in [0.15, 0.2) is 16.9 Å². The second kappa shape index (κ2) is 3.37. The predicted octanol–water partition coefficient (Wildman–Crippen LogP) is 0.954.